The molecule has 2 rings (SSSR count). The largest absolute Gasteiger partial charge is 0.479 e. The lowest BCUT2D eigenvalue weighted by molar-refractivity contribution is 0.426. The van der Waals surface area contributed by atoms with Crippen LogP contribution in [0.25, 0.3) is 0 Å². The SMILES string of the molecule is C/C(=N\Nc1nc(O)ncc1F)c1cccs1. The van der Waals surface area contributed by atoms with Gasteiger partial charge in [-0.2, -0.15) is 10.1 Å². The van der Waals surface area contributed by atoms with Crippen molar-refractivity contribution in [3.8, 4) is 6.01 Å². The van der Waals surface area contributed by atoms with Crippen LogP contribution in [0.5, 0.6) is 6.01 Å². The van der Waals surface area contributed by atoms with Crippen molar-refractivity contribution in [2.24, 2.45) is 5.10 Å². The van der Waals surface area contributed by atoms with Gasteiger partial charge in [0.15, 0.2) is 11.6 Å². The van der Waals surface area contributed by atoms with Crippen LogP contribution in [-0.4, -0.2) is 20.8 Å². The zero-order chi connectivity index (χ0) is 12.3. The fourth-order valence-corrected chi connectivity index (χ4v) is 1.79. The Labute approximate surface area is 101 Å². The summed E-state index contributed by atoms with van der Waals surface area (Å²) in [5, 5.41) is 14.9. The molecule has 7 heteroatoms. The highest BCUT2D eigenvalue weighted by molar-refractivity contribution is 7.12. The van der Waals surface area contributed by atoms with Crippen LogP contribution >= 0.6 is 11.3 Å². The first-order valence-electron chi connectivity index (χ1n) is 4.72. The second-order valence-corrected chi connectivity index (χ2v) is 4.10. The Morgan fingerprint density at radius 1 is 1.59 bits per heavy atom. The monoisotopic (exact) mass is 252 g/mol. The Morgan fingerprint density at radius 2 is 2.41 bits per heavy atom. The number of rotatable bonds is 3. The van der Waals surface area contributed by atoms with Crippen LogP contribution in [0.2, 0.25) is 0 Å². The van der Waals surface area contributed by atoms with E-state index in [0.717, 1.165) is 11.1 Å². The van der Waals surface area contributed by atoms with Gasteiger partial charge in [-0.15, -0.1) is 11.3 Å². The minimum absolute atomic E-state index is 0.159. The van der Waals surface area contributed by atoms with Crippen molar-refractivity contribution in [2.75, 3.05) is 5.43 Å². The maximum atomic E-state index is 13.2. The van der Waals surface area contributed by atoms with Gasteiger partial charge in [-0.25, -0.2) is 9.37 Å². The van der Waals surface area contributed by atoms with E-state index < -0.39 is 11.8 Å². The first-order valence-corrected chi connectivity index (χ1v) is 5.60. The van der Waals surface area contributed by atoms with Crippen molar-refractivity contribution in [3.63, 3.8) is 0 Å². The molecule has 0 saturated heterocycles. The summed E-state index contributed by atoms with van der Waals surface area (Å²) in [6, 6.07) is 3.30. The van der Waals surface area contributed by atoms with Gasteiger partial charge < -0.3 is 5.11 Å². The minimum Gasteiger partial charge on any atom is -0.479 e. The van der Waals surface area contributed by atoms with Crippen LogP contribution in [0.15, 0.2) is 28.8 Å². The molecule has 0 bridgehead atoms. The number of anilines is 1. The highest BCUT2D eigenvalue weighted by atomic mass is 32.1. The standard InChI is InChI=1S/C10H9FN4OS/c1-6(8-3-2-4-17-8)14-15-9-7(11)5-12-10(16)13-9/h2-5H,1H3,(H2,12,13,15,16)/b14-6+. The molecular formula is C10H9FN4OS. The van der Waals surface area contributed by atoms with E-state index in [1.54, 1.807) is 6.92 Å². The van der Waals surface area contributed by atoms with E-state index in [1.807, 2.05) is 17.5 Å². The number of halogens is 1. The number of thiophene rings is 1. The maximum Gasteiger partial charge on any atom is 0.316 e. The lowest BCUT2D eigenvalue weighted by Crippen LogP contribution is -2.01. The number of nitrogens with zero attached hydrogens (tertiary/aromatic N) is 3. The molecule has 5 nitrogen and oxygen atoms in total. The van der Waals surface area contributed by atoms with Crippen molar-refractivity contribution in [3.05, 3.63) is 34.4 Å². The van der Waals surface area contributed by atoms with E-state index in [1.165, 1.54) is 11.3 Å². The molecule has 0 aliphatic heterocycles. The van der Waals surface area contributed by atoms with Crippen molar-refractivity contribution >= 4 is 22.9 Å². The van der Waals surface area contributed by atoms with Crippen molar-refractivity contribution in [2.45, 2.75) is 6.92 Å². The summed E-state index contributed by atoms with van der Waals surface area (Å²) in [5.41, 5.74) is 3.16. The van der Waals surface area contributed by atoms with E-state index in [4.69, 9.17) is 5.11 Å². The first-order chi connectivity index (χ1) is 8.16. The maximum absolute atomic E-state index is 13.2. The molecule has 0 radical (unpaired) electrons. The van der Waals surface area contributed by atoms with Gasteiger partial charge in [-0.3, -0.25) is 5.43 Å². The summed E-state index contributed by atoms with van der Waals surface area (Å²) >= 11 is 1.53. The summed E-state index contributed by atoms with van der Waals surface area (Å²) in [4.78, 5) is 7.75. The molecule has 0 aromatic carbocycles. The molecule has 0 aliphatic carbocycles. The van der Waals surface area contributed by atoms with Crippen LogP contribution < -0.4 is 5.43 Å². The topological polar surface area (TPSA) is 70.4 Å². The quantitative estimate of drug-likeness (QED) is 0.649. The zero-order valence-electron chi connectivity index (χ0n) is 8.88. The van der Waals surface area contributed by atoms with Crippen LogP contribution in [-0.2, 0) is 0 Å². The van der Waals surface area contributed by atoms with Gasteiger partial charge in [0, 0.05) is 4.88 Å². The minimum atomic E-state index is -0.675. The van der Waals surface area contributed by atoms with Crippen molar-refractivity contribution < 1.29 is 9.50 Å². The molecule has 0 saturated carbocycles. The van der Waals surface area contributed by atoms with Crippen LogP contribution in [0.4, 0.5) is 10.2 Å². The van der Waals surface area contributed by atoms with E-state index in [-0.39, 0.29) is 5.82 Å². The third-order valence-corrected chi connectivity index (χ3v) is 2.92. The number of hydrazone groups is 1. The first kappa shape index (κ1) is 11.5. The summed E-state index contributed by atoms with van der Waals surface area (Å²) in [7, 11) is 0. The third kappa shape index (κ3) is 2.76. The smallest absolute Gasteiger partial charge is 0.316 e. The molecule has 0 fully saturated rings. The number of aromatic nitrogens is 2. The second kappa shape index (κ2) is 4.88. The van der Waals surface area contributed by atoms with Gasteiger partial charge in [-0.1, -0.05) is 6.07 Å². The fraction of sp³-hybridized carbons (Fsp3) is 0.100. The van der Waals surface area contributed by atoms with Gasteiger partial charge in [0.25, 0.3) is 0 Å². The molecular weight excluding hydrogens is 243 g/mol. The van der Waals surface area contributed by atoms with Gasteiger partial charge in [0.1, 0.15) is 0 Å². The van der Waals surface area contributed by atoms with E-state index in [0.29, 0.717) is 5.71 Å². The molecule has 0 aliphatic rings. The Hall–Kier alpha value is -2.02. The molecule has 88 valence electrons. The predicted octanol–water partition coefficient (Wildman–Crippen LogP) is 2.22. The molecule has 17 heavy (non-hydrogen) atoms. The second-order valence-electron chi connectivity index (χ2n) is 3.15. The van der Waals surface area contributed by atoms with Crippen LogP contribution in [0, 0.1) is 5.82 Å². The zero-order valence-corrected chi connectivity index (χ0v) is 9.70. The summed E-state index contributed by atoms with van der Waals surface area (Å²) in [5.74, 6) is -0.834. The molecule has 2 aromatic rings. The Morgan fingerprint density at radius 3 is 3.12 bits per heavy atom. The van der Waals surface area contributed by atoms with Crippen LogP contribution in [0.1, 0.15) is 11.8 Å². The highest BCUT2D eigenvalue weighted by Crippen LogP contribution is 2.13. The molecule has 0 amide bonds. The van der Waals surface area contributed by atoms with E-state index >= 15 is 0 Å². The van der Waals surface area contributed by atoms with Crippen molar-refractivity contribution in [1.29, 1.82) is 0 Å². The van der Waals surface area contributed by atoms with Crippen molar-refractivity contribution in [1.82, 2.24) is 9.97 Å². The lowest BCUT2D eigenvalue weighted by atomic mass is 10.3. The Balaban J connectivity index is 2.17. The average molecular weight is 252 g/mol. The highest BCUT2D eigenvalue weighted by Gasteiger charge is 2.05. The molecule has 0 spiro atoms. The number of aromatic hydroxyl groups is 1. The molecule has 2 aromatic heterocycles. The normalized spacial score (nSPS) is 11.5. The van der Waals surface area contributed by atoms with Gasteiger partial charge in [0.2, 0.25) is 0 Å². The number of hydrogen-bond donors (Lipinski definition) is 2. The van der Waals surface area contributed by atoms with E-state index in [2.05, 4.69) is 20.5 Å². The fourth-order valence-electron chi connectivity index (χ4n) is 1.11. The van der Waals surface area contributed by atoms with Gasteiger partial charge >= 0.3 is 6.01 Å². The molecule has 2 heterocycles. The summed E-state index contributed by atoms with van der Waals surface area (Å²) < 4.78 is 13.2. The third-order valence-electron chi connectivity index (χ3n) is 1.94. The summed E-state index contributed by atoms with van der Waals surface area (Å²) in [6.07, 6.45) is 0.876. The molecule has 0 atom stereocenters. The number of nitrogens with one attached hydrogen (secondary N) is 1. The van der Waals surface area contributed by atoms with E-state index in [9.17, 15) is 4.39 Å². The predicted molar refractivity (Wildman–Crippen MR) is 63.8 cm³/mol. The van der Waals surface area contributed by atoms with Gasteiger partial charge in [-0.05, 0) is 18.4 Å². The molecule has 0 unspecified atom stereocenters. The average Bonchev–Trinajstić information content (AvgIpc) is 2.83. The molecule has 2 N–H and O–H groups in total. The number of hydrogen-bond acceptors (Lipinski definition) is 6. The van der Waals surface area contributed by atoms with Gasteiger partial charge in [0.05, 0.1) is 11.9 Å². The Kier molecular flexibility index (Phi) is 3.29. The summed E-state index contributed by atoms with van der Waals surface area (Å²) in [6.45, 7) is 1.79. The van der Waals surface area contributed by atoms with Crippen LogP contribution in [0.3, 0.4) is 0 Å². The lowest BCUT2D eigenvalue weighted by Gasteiger charge is -2.02. The Bertz CT molecular complexity index is 541.